The highest BCUT2D eigenvalue weighted by molar-refractivity contribution is 6.35. The van der Waals surface area contributed by atoms with E-state index < -0.39 is 11.8 Å². The zero-order chi connectivity index (χ0) is 18.8. The lowest BCUT2D eigenvalue weighted by molar-refractivity contribution is -0.123. The minimum absolute atomic E-state index is 0.0281. The number of rotatable bonds is 6. The van der Waals surface area contributed by atoms with E-state index in [1.807, 2.05) is 53.1 Å². The number of amides is 2. The van der Waals surface area contributed by atoms with Crippen molar-refractivity contribution < 1.29 is 19.4 Å². The van der Waals surface area contributed by atoms with E-state index in [0.29, 0.717) is 30.0 Å². The van der Waals surface area contributed by atoms with Gasteiger partial charge in [0.1, 0.15) is 12.4 Å². The van der Waals surface area contributed by atoms with Gasteiger partial charge in [-0.3, -0.25) is 14.9 Å². The van der Waals surface area contributed by atoms with Crippen molar-refractivity contribution in [2.45, 2.75) is 13.2 Å². The Balaban J connectivity index is 1.72. The minimum Gasteiger partial charge on any atom is -0.489 e. The Morgan fingerprint density at radius 1 is 1.07 bits per heavy atom. The molecule has 0 unspecified atom stereocenters. The quantitative estimate of drug-likeness (QED) is 0.659. The van der Waals surface area contributed by atoms with Gasteiger partial charge in [-0.25, -0.2) is 0 Å². The van der Waals surface area contributed by atoms with Gasteiger partial charge in [0.2, 0.25) is 0 Å². The van der Waals surface area contributed by atoms with Gasteiger partial charge in [0.05, 0.1) is 12.2 Å². The molecule has 6 heteroatoms. The van der Waals surface area contributed by atoms with Gasteiger partial charge < -0.3 is 14.4 Å². The van der Waals surface area contributed by atoms with Gasteiger partial charge in [-0.05, 0) is 23.8 Å². The van der Waals surface area contributed by atoms with Crippen LogP contribution >= 0.6 is 0 Å². The van der Waals surface area contributed by atoms with Crippen LogP contribution in [0.4, 0.5) is 0 Å². The van der Waals surface area contributed by atoms with Crippen LogP contribution in [0, 0.1) is 0 Å². The molecular weight excluding hydrogens is 344 g/mol. The van der Waals surface area contributed by atoms with Gasteiger partial charge in [0.15, 0.2) is 0 Å². The number of nitrogens with zero attached hydrogens (tertiary/aromatic N) is 1. The maximum atomic E-state index is 12.1. The molecule has 0 saturated heterocycles. The summed E-state index contributed by atoms with van der Waals surface area (Å²) in [6.45, 7) is 0.796. The van der Waals surface area contributed by atoms with Crippen LogP contribution in [0.2, 0.25) is 0 Å². The highest BCUT2D eigenvalue weighted by Crippen LogP contribution is 2.32. The SMILES string of the molecule is O=C1C=C(c2cn(CCO)c3ccc(OCc4ccccc4)cc23)C(=O)N1. The molecule has 0 saturated carbocycles. The largest absolute Gasteiger partial charge is 0.489 e. The van der Waals surface area contributed by atoms with Crippen molar-refractivity contribution >= 4 is 28.3 Å². The zero-order valence-corrected chi connectivity index (χ0v) is 14.5. The van der Waals surface area contributed by atoms with Crippen molar-refractivity contribution in [1.82, 2.24) is 9.88 Å². The van der Waals surface area contributed by atoms with Gasteiger partial charge in [-0.2, -0.15) is 0 Å². The highest BCUT2D eigenvalue weighted by atomic mass is 16.5. The molecule has 0 fully saturated rings. The van der Waals surface area contributed by atoms with Gasteiger partial charge in [0, 0.05) is 35.3 Å². The summed E-state index contributed by atoms with van der Waals surface area (Å²) in [7, 11) is 0. The second-order valence-corrected chi connectivity index (χ2v) is 6.29. The molecule has 3 aromatic rings. The average Bonchev–Trinajstić information content (AvgIpc) is 3.20. The number of imide groups is 1. The van der Waals surface area contributed by atoms with Crippen LogP contribution in [0.25, 0.3) is 16.5 Å². The molecule has 6 nitrogen and oxygen atoms in total. The van der Waals surface area contributed by atoms with Crippen LogP contribution in [0.3, 0.4) is 0 Å². The van der Waals surface area contributed by atoms with Crippen LogP contribution in [0.1, 0.15) is 11.1 Å². The predicted octanol–water partition coefficient (Wildman–Crippen LogP) is 2.25. The summed E-state index contributed by atoms with van der Waals surface area (Å²) in [5.41, 5.74) is 2.88. The van der Waals surface area contributed by atoms with Crippen molar-refractivity contribution in [3.63, 3.8) is 0 Å². The molecule has 1 aliphatic heterocycles. The summed E-state index contributed by atoms with van der Waals surface area (Å²) in [4.78, 5) is 23.7. The first-order chi connectivity index (χ1) is 13.2. The molecule has 2 heterocycles. The Bertz CT molecular complexity index is 1050. The normalized spacial score (nSPS) is 13.7. The maximum Gasteiger partial charge on any atom is 0.258 e. The number of aromatic nitrogens is 1. The van der Waals surface area contributed by atoms with Crippen LogP contribution in [-0.2, 0) is 22.7 Å². The van der Waals surface area contributed by atoms with E-state index in [0.717, 1.165) is 16.5 Å². The topological polar surface area (TPSA) is 80.6 Å². The average molecular weight is 362 g/mol. The molecule has 2 amide bonds. The standard InChI is InChI=1S/C21H18N2O4/c24-9-8-23-12-18(17-11-20(25)22-21(17)26)16-10-15(6-7-19(16)23)27-13-14-4-2-1-3-5-14/h1-7,10-12,24H,8-9,13H2,(H,22,25,26). The van der Waals surface area contributed by atoms with Crippen molar-refractivity contribution in [3.8, 4) is 5.75 Å². The second kappa shape index (κ2) is 7.09. The fourth-order valence-electron chi connectivity index (χ4n) is 3.23. The van der Waals surface area contributed by atoms with Crippen molar-refractivity contribution in [3.05, 3.63) is 71.9 Å². The van der Waals surface area contributed by atoms with Crippen molar-refractivity contribution in [2.75, 3.05) is 6.61 Å². The number of benzene rings is 2. The second-order valence-electron chi connectivity index (χ2n) is 6.29. The fraction of sp³-hybridized carbons (Fsp3) is 0.143. The molecule has 4 rings (SSSR count). The number of hydrogen-bond acceptors (Lipinski definition) is 4. The summed E-state index contributed by atoms with van der Waals surface area (Å²) in [5, 5.41) is 12.4. The summed E-state index contributed by atoms with van der Waals surface area (Å²) in [6, 6.07) is 15.4. The van der Waals surface area contributed by atoms with Gasteiger partial charge in [0.25, 0.3) is 11.8 Å². The summed E-state index contributed by atoms with van der Waals surface area (Å²) in [6.07, 6.45) is 3.09. The Kier molecular flexibility index (Phi) is 4.48. The minimum atomic E-state index is -0.422. The lowest BCUT2D eigenvalue weighted by atomic mass is 10.1. The number of aliphatic hydroxyl groups excluding tert-OH is 1. The molecule has 0 radical (unpaired) electrons. The Labute approximate surface area is 155 Å². The Morgan fingerprint density at radius 2 is 1.89 bits per heavy atom. The van der Waals surface area contributed by atoms with E-state index in [1.165, 1.54) is 6.08 Å². The Hall–Kier alpha value is -3.38. The van der Waals surface area contributed by atoms with Gasteiger partial charge >= 0.3 is 0 Å². The lowest BCUT2D eigenvalue weighted by Crippen LogP contribution is -2.21. The summed E-state index contributed by atoms with van der Waals surface area (Å²) >= 11 is 0. The number of carbonyl (C=O) groups excluding carboxylic acids is 2. The van der Waals surface area contributed by atoms with Crippen molar-refractivity contribution in [2.24, 2.45) is 0 Å². The van der Waals surface area contributed by atoms with E-state index >= 15 is 0 Å². The molecule has 1 aromatic heterocycles. The lowest BCUT2D eigenvalue weighted by Gasteiger charge is -2.08. The molecule has 2 aromatic carbocycles. The number of fused-ring (bicyclic) bond motifs is 1. The van der Waals surface area contributed by atoms with Crippen LogP contribution in [-0.4, -0.2) is 28.1 Å². The highest BCUT2D eigenvalue weighted by Gasteiger charge is 2.25. The van der Waals surface area contributed by atoms with E-state index in [9.17, 15) is 14.7 Å². The van der Waals surface area contributed by atoms with Crippen molar-refractivity contribution in [1.29, 1.82) is 0 Å². The first-order valence-corrected chi connectivity index (χ1v) is 8.63. The molecule has 0 aliphatic carbocycles. The molecule has 0 spiro atoms. The summed E-state index contributed by atoms with van der Waals surface area (Å²) < 4.78 is 7.75. The molecule has 136 valence electrons. The summed E-state index contributed by atoms with van der Waals surface area (Å²) in [5.74, 6) is -0.173. The number of hydrogen-bond donors (Lipinski definition) is 2. The number of aliphatic hydroxyl groups is 1. The number of nitrogens with one attached hydrogen (secondary N) is 1. The first-order valence-electron chi connectivity index (χ1n) is 8.63. The van der Waals surface area contributed by atoms with E-state index in [1.54, 1.807) is 6.20 Å². The third kappa shape index (κ3) is 3.35. The predicted molar refractivity (Wildman–Crippen MR) is 101 cm³/mol. The molecular formula is C21H18N2O4. The molecule has 0 atom stereocenters. The number of ether oxygens (including phenoxy) is 1. The zero-order valence-electron chi connectivity index (χ0n) is 14.5. The van der Waals surface area contributed by atoms with E-state index in [4.69, 9.17) is 4.74 Å². The van der Waals surface area contributed by atoms with Crippen LogP contribution in [0.5, 0.6) is 5.75 Å². The Morgan fingerprint density at radius 3 is 2.59 bits per heavy atom. The number of carbonyl (C=O) groups is 2. The third-order valence-corrected chi connectivity index (χ3v) is 4.49. The van der Waals surface area contributed by atoms with E-state index in [2.05, 4.69) is 5.32 Å². The molecule has 1 aliphatic rings. The van der Waals surface area contributed by atoms with Gasteiger partial charge in [-0.15, -0.1) is 0 Å². The fourth-order valence-corrected chi connectivity index (χ4v) is 3.23. The van der Waals surface area contributed by atoms with E-state index in [-0.39, 0.29) is 6.61 Å². The first kappa shape index (κ1) is 17.1. The smallest absolute Gasteiger partial charge is 0.258 e. The molecule has 0 bridgehead atoms. The third-order valence-electron chi connectivity index (χ3n) is 4.49. The molecule has 2 N–H and O–H groups in total. The van der Waals surface area contributed by atoms with Crippen LogP contribution in [0.15, 0.2) is 60.8 Å². The maximum absolute atomic E-state index is 12.1. The molecule has 27 heavy (non-hydrogen) atoms. The van der Waals surface area contributed by atoms with Gasteiger partial charge in [-0.1, -0.05) is 30.3 Å². The monoisotopic (exact) mass is 362 g/mol. The van der Waals surface area contributed by atoms with Crippen LogP contribution < -0.4 is 10.1 Å².